The lowest BCUT2D eigenvalue weighted by molar-refractivity contribution is -0.119. The lowest BCUT2D eigenvalue weighted by Crippen LogP contribution is -2.47. The van der Waals surface area contributed by atoms with Gasteiger partial charge < -0.3 is 15.3 Å². The normalized spacial score (nSPS) is 15.2. The van der Waals surface area contributed by atoms with Crippen LogP contribution < -0.4 is 5.32 Å². The Balaban J connectivity index is 3.81. The molecule has 16 heavy (non-hydrogen) atoms. The lowest BCUT2D eigenvalue weighted by Gasteiger charge is -2.27. The van der Waals surface area contributed by atoms with Gasteiger partial charge in [0.25, 0.3) is 0 Å². The molecule has 1 amide bonds. The summed E-state index contributed by atoms with van der Waals surface area (Å²) in [4.78, 5) is 13.3. The van der Waals surface area contributed by atoms with Crippen molar-refractivity contribution in [1.82, 2.24) is 10.2 Å². The van der Waals surface area contributed by atoms with E-state index in [1.165, 1.54) is 0 Å². The van der Waals surface area contributed by atoms with Gasteiger partial charge in [0.15, 0.2) is 0 Å². The van der Waals surface area contributed by atoms with Crippen LogP contribution in [0.2, 0.25) is 0 Å². The molecule has 0 aliphatic rings. The first-order valence-corrected chi connectivity index (χ1v) is 6.53. The zero-order valence-corrected chi connectivity index (χ0v) is 11.7. The Morgan fingerprint density at radius 1 is 1.50 bits per heavy atom. The molecular weight excluding hydrogens is 224 g/mol. The van der Waals surface area contributed by atoms with E-state index < -0.39 is 5.60 Å². The van der Waals surface area contributed by atoms with E-state index in [-0.39, 0.29) is 5.91 Å². The maximum atomic E-state index is 11.4. The van der Waals surface area contributed by atoms with Crippen LogP contribution in [0.25, 0.3) is 0 Å². The fraction of sp³-hybridized carbons (Fsp3) is 0.909. The topological polar surface area (TPSA) is 52.6 Å². The van der Waals surface area contributed by atoms with Crippen molar-refractivity contribution in [2.45, 2.75) is 31.6 Å². The SMILES string of the molecule is CC(C)SCC(=O)NCC(C)(O)CN(C)C. The zero-order chi connectivity index (χ0) is 12.8. The van der Waals surface area contributed by atoms with E-state index in [0.29, 0.717) is 24.1 Å². The number of amides is 1. The number of aliphatic hydroxyl groups is 1. The van der Waals surface area contributed by atoms with Gasteiger partial charge in [-0.1, -0.05) is 13.8 Å². The fourth-order valence-electron chi connectivity index (χ4n) is 1.32. The highest BCUT2D eigenvalue weighted by molar-refractivity contribution is 8.00. The molecule has 0 radical (unpaired) electrons. The molecule has 2 N–H and O–H groups in total. The van der Waals surface area contributed by atoms with Gasteiger partial charge in [0.2, 0.25) is 5.91 Å². The van der Waals surface area contributed by atoms with Crippen LogP contribution in [0.1, 0.15) is 20.8 Å². The van der Waals surface area contributed by atoms with Crippen LogP contribution in [0.5, 0.6) is 0 Å². The molecule has 0 aromatic heterocycles. The van der Waals surface area contributed by atoms with Gasteiger partial charge in [-0.25, -0.2) is 0 Å². The second-order valence-corrected chi connectivity index (χ2v) is 6.44. The van der Waals surface area contributed by atoms with Crippen molar-refractivity contribution in [2.75, 3.05) is 32.9 Å². The number of likely N-dealkylation sites (N-methyl/N-ethyl adjacent to an activating group) is 1. The minimum absolute atomic E-state index is 0.0160. The minimum Gasteiger partial charge on any atom is -0.387 e. The van der Waals surface area contributed by atoms with E-state index in [9.17, 15) is 9.90 Å². The van der Waals surface area contributed by atoms with Gasteiger partial charge in [-0.05, 0) is 26.3 Å². The van der Waals surface area contributed by atoms with Crippen molar-refractivity contribution in [1.29, 1.82) is 0 Å². The fourth-order valence-corrected chi connectivity index (χ4v) is 1.91. The molecule has 0 heterocycles. The van der Waals surface area contributed by atoms with Gasteiger partial charge in [-0.2, -0.15) is 0 Å². The van der Waals surface area contributed by atoms with Gasteiger partial charge in [-0.3, -0.25) is 4.79 Å². The number of thioether (sulfide) groups is 1. The third kappa shape index (κ3) is 9.00. The molecule has 96 valence electrons. The molecule has 0 aromatic rings. The Labute approximate surface area is 103 Å². The zero-order valence-electron chi connectivity index (χ0n) is 10.9. The molecular formula is C11H24N2O2S. The molecule has 0 aliphatic heterocycles. The summed E-state index contributed by atoms with van der Waals surface area (Å²) in [5.74, 6) is 0.438. The molecule has 0 saturated carbocycles. The highest BCUT2D eigenvalue weighted by Gasteiger charge is 2.21. The average Bonchev–Trinajstić information content (AvgIpc) is 2.09. The number of carbonyl (C=O) groups excluding carboxylic acids is 1. The van der Waals surface area contributed by atoms with Crippen molar-refractivity contribution in [2.24, 2.45) is 0 Å². The summed E-state index contributed by atoms with van der Waals surface area (Å²) in [5.41, 5.74) is -0.873. The van der Waals surface area contributed by atoms with Gasteiger partial charge in [0.1, 0.15) is 0 Å². The quantitative estimate of drug-likeness (QED) is 0.691. The first-order chi connectivity index (χ1) is 7.23. The van der Waals surface area contributed by atoms with E-state index in [2.05, 4.69) is 19.2 Å². The lowest BCUT2D eigenvalue weighted by atomic mass is 10.1. The van der Waals surface area contributed by atoms with Crippen LogP contribution in [0.3, 0.4) is 0 Å². The predicted octanol–water partition coefficient (Wildman–Crippen LogP) is 0.557. The highest BCUT2D eigenvalue weighted by atomic mass is 32.2. The van der Waals surface area contributed by atoms with Gasteiger partial charge >= 0.3 is 0 Å². The van der Waals surface area contributed by atoms with Crippen molar-refractivity contribution in [3.05, 3.63) is 0 Å². The molecule has 0 aromatic carbocycles. The Morgan fingerprint density at radius 2 is 2.06 bits per heavy atom. The average molecular weight is 248 g/mol. The van der Waals surface area contributed by atoms with E-state index in [1.54, 1.807) is 18.7 Å². The summed E-state index contributed by atoms with van der Waals surface area (Å²) in [6.07, 6.45) is 0. The van der Waals surface area contributed by atoms with Crippen molar-refractivity contribution in [3.8, 4) is 0 Å². The summed E-state index contributed by atoms with van der Waals surface area (Å²) >= 11 is 1.60. The van der Waals surface area contributed by atoms with E-state index in [1.807, 2.05) is 19.0 Å². The Hall–Kier alpha value is -0.260. The van der Waals surface area contributed by atoms with Crippen molar-refractivity contribution >= 4 is 17.7 Å². The molecule has 5 heteroatoms. The van der Waals surface area contributed by atoms with Crippen LogP contribution in [0, 0.1) is 0 Å². The number of nitrogens with zero attached hydrogens (tertiary/aromatic N) is 1. The van der Waals surface area contributed by atoms with Crippen LogP contribution in [-0.2, 0) is 4.79 Å². The summed E-state index contributed by atoms with van der Waals surface area (Å²) < 4.78 is 0. The number of hydrogen-bond acceptors (Lipinski definition) is 4. The second kappa shape index (κ2) is 7.14. The molecule has 1 unspecified atom stereocenters. The minimum atomic E-state index is -0.873. The van der Waals surface area contributed by atoms with Gasteiger partial charge in [0, 0.05) is 13.1 Å². The molecule has 0 aliphatic carbocycles. The van der Waals surface area contributed by atoms with Crippen LogP contribution in [-0.4, -0.2) is 59.7 Å². The third-order valence-corrected chi connectivity index (χ3v) is 2.97. The Morgan fingerprint density at radius 3 is 2.50 bits per heavy atom. The highest BCUT2D eigenvalue weighted by Crippen LogP contribution is 2.08. The Kier molecular flexibility index (Phi) is 7.03. The summed E-state index contributed by atoms with van der Waals surface area (Å²) in [6, 6.07) is 0. The van der Waals surface area contributed by atoms with Crippen molar-refractivity contribution < 1.29 is 9.90 Å². The van der Waals surface area contributed by atoms with Crippen LogP contribution >= 0.6 is 11.8 Å². The summed E-state index contributed by atoms with van der Waals surface area (Å²) in [7, 11) is 3.79. The summed E-state index contributed by atoms with van der Waals surface area (Å²) in [6.45, 7) is 6.66. The van der Waals surface area contributed by atoms with E-state index >= 15 is 0 Å². The molecule has 0 bridgehead atoms. The smallest absolute Gasteiger partial charge is 0.230 e. The molecule has 4 nitrogen and oxygen atoms in total. The molecule has 1 atom stereocenters. The van der Waals surface area contributed by atoms with E-state index in [0.717, 1.165) is 0 Å². The van der Waals surface area contributed by atoms with Crippen LogP contribution in [0.15, 0.2) is 0 Å². The summed E-state index contributed by atoms with van der Waals surface area (Å²) in [5, 5.41) is 13.1. The first-order valence-electron chi connectivity index (χ1n) is 5.48. The predicted molar refractivity (Wildman–Crippen MR) is 69.8 cm³/mol. The molecule has 0 spiro atoms. The monoisotopic (exact) mass is 248 g/mol. The number of nitrogens with one attached hydrogen (secondary N) is 1. The first kappa shape index (κ1) is 15.7. The second-order valence-electron chi connectivity index (χ2n) is 4.87. The third-order valence-electron chi connectivity index (χ3n) is 1.87. The number of hydrogen-bond donors (Lipinski definition) is 2. The van der Waals surface area contributed by atoms with Gasteiger partial charge in [-0.15, -0.1) is 11.8 Å². The van der Waals surface area contributed by atoms with Crippen molar-refractivity contribution in [3.63, 3.8) is 0 Å². The van der Waals surface area contributed by atoms with E-state index in [4.69, 9.17) is 0 Å². The molecule has 0 saturated heterocycles. The van der Waals surface area contributed by atoms with Crippen LogP contribution in [0.4, 0.5) is 0 Å². The standard InChI is InChI=1S/C11H24N2O2S/c1-9(2)16-6-10(14)12-7-11(3,15)8-13(4)5/h9,15H,6-8H2,1-5H3,(H,12,14). The molecule has 0 rings (SSSR count). The number of carbonyl (C=O) groups is 1. The Bertz CT molecular complexity index is 218. The maximum Gasteiger partial charge on any atom is 0.230 e. The number of rotatable bonds is 7. The largest absolute Gasteiger partial charge is 0.387 e. The maximum absolute atomic E-state index is 11.4. The van der Waals surface area contributed by atoms with Gasteiger partial charge in [0.05, 0.1) is 11.4 Å². The molecule has 0 fully saturated rings.